The summed E-state index contributed by atoms with van der Waals surface area (Å²) in [5, 5.41) is 8.26. The maximum Gasteiger partial charge on any atom is 0.416 e. The van der Waals surface area contributed by atoms with Gasteiger partial charge in [0.05, 0.1) is 5.56 Å². The third-order valence-corrected chi connectivity index (χ3v) is 5.85. The molecule has 188 valence electrons. The third kappa shape index (κ3) is 5.54. The number of alkyl halides is 3. The molecule has 0 saturated carbocycles. The number of carbonyl (C=O) groups excluding carboxylic acids is 2. The molecule has 36 heavy (non-hydrogen) atoms. The van der Waals surface area contributed by atoms with Crippen molar-refractivity contribution in [3.8, 4) is 11.1 Å². The maximum atomic E-state index is 13.5. The minimum Gasteiger partial charge on any atom is -0.398 e. The van der Waals surface area contributed by atoms with Gasteiger partial charge in [-0.05, 0) is 89.7 Å². The number of hydrogen-bond donors (Lipinski definition) is 3. The molecule has 0 aliphatic heterocycles. The standard InChI is InChI=1S/C26H25F3N4O3/c1-5-16-6-7-17(8-22(16)26(27,28)29)25(35)32-19-10-21(14(3)24(12-19)33-36)20-9-18(31-15(4)34)11-23(30)13(20)2/h6-12H,5,30H2,1-4H3,(H,31,34)(H,32,35). The van der Waals surface area contributed by atoms with Gasteiger partial charge < -0.3 is 16.4 Å². The smallest absolute Gasteiger partial charge is 0.398 e. The van der Waals surface area contributed by atoms with Gasteiger partial charge in [-0.1, -0.05) is 13.0 Å². The topological polar surface area (TPSA) is 114 Å². The highest BCUT2D eigenvalue weighted by Gasteiger charge is 2.33. The van der Waals surface area contributed by atoms with Crippen LogP contribution in [-0.4, -0.2) is 11.8 Å². The first-order valence-electron chi connectivity index (χ1n) is 11.0. The molecule has 2 amide bonds. The molecule has 0 atom stereocenters. The second kappa shape index (κ2) is 10.2. The molecule has 0 aliphatic carbocycles. The molecule has 0 fully saturated rings. The molecule has 3 aromatic rings. The van der Waals surface area contributed by atoms with Crippen LogP contribution >= 0.6 is 0 Å². The van der Waals surface area contributed by atoms with E-state index < -0.39 is 17.6 Å². The normalized spacial score (nSPS) is 11.2. The quantitative estimate of drug-likeness (QED) is 0.258. The summed E-state index contributed by atoms with van der Waals surface area (Å²) >= 11 is 0. The van der Waals surface area contributed by atoms with Gasteiger partial charge >= 0.3 is 6.18 Å². The van der Waals surface area contributed by atoms with E-state index in [1.165, 1.54) is 25.1 Å². The molecule has 0 aliphatic rings. The molecule has 3 rings (SSSR count). The lowest BCUT2D eigenvalue weighted by Crippen LogP contribution is -2.15. The van der Waals surface area contributed by atoms with Gasteiger partial charge in [-0.2, -0.15) is 13.2 Å². The van der Waals surface area contributed by atoms with E-state index >= 15 is 0 Å². The van der Waals surface area contributed by atoms with E-state index in [0.29, 0.717) is 33.6 Å². The fourth-order valence-corrected chi connectivity index (χ4v) is 3.93. The molecule has 0 unspecified atom stereocenters. The number of hydrogen-bond acceptors (Lipinski definition) is 5. The molecule has 7 nitrogen and oxygen atoms in total. The van der Waals surface area contributed by atoms with E-state index in [4.69, 9.17) is 5.73 Å². The predicted octanol–water partition coefficient (Wildman–Crippen LogP) is 6.74. The Morgan fingerprint density at radius 2 is 1.56 bits per heavy atom. The molecule has 0 aromatic heterocycles. The van der Waals surface area contributed by atoms with Crippen LogP contribution < -0.4 is 16.4 Å². The first-order chi connectivity index (χ1) is 16.8. The minimum absolute atomic E-state index is 0.0306. The van der Waals surface area contributed by atoms with Gasteiger partial charge in [0.15, 0.2) is 0 Å². The average molecular weight is 499 g/mol. The van der Waals surface area contributed by atoms with Crippen LogP contribution in [0.5, 0.6) is 0 Å². The van der Waals surface area contributed by atoms with Gasteiger partial charge in [0.2, 0.25) is 5.91 Å². The molecule has 3 aromatic carbocycles. The summed E-state index contributed by atoms with van der Waals surface area (Å²) < 4.78 is 40.4. The zero-order valence-electron chi connectivity index (χ0n) is 20.1. The molecule has 4 N–H and O–H groups in total. The molecule has 0 saturated heterocycles. The van der Waals surface area contributed by atoms with Crippen molar-refractivity contribution < 1.29 is 22.8 Å². The zero-order chi connectivity index (χ0) is 26.8. The number of nitrogens with two attached hydrogens (primary N) is 1. The Morgan fingerprint density at radius 1 is 0.944 bits per heavy atom. The highest BCUT2D eigenvalue weighted by Crippen LogP contribution is 2.39. The van der Waals surface area contributed by atoms with E-state index in [9.17, 15) is 27.7 Å². The third-order valence-electron chi connectivity index (χ3n) is 5.85. The molecular formula is C26H25F3N4O3. The van der Waals surface area contributed by atoms with Crippen LogP contribution in [0.4, 0.5) is 35.9 Å². The van der Waals surface area contributed by atoms with E-state index in [2.05, 4.69) is 15.8 Å². The Hall–Kier alpha value is -4.21. The number of nitroso groups, excluding NO2 is 1. The summed E-state index contributed by atoms with van der Waals surface area (Å²) in [5.74, 6) is -1.08. The van der Waals surface area contributed by atoms with Crippen LogP contribution in [0.2, 0.25) is 0 Å². The Labute approximate surface area is 205 Å². The van der Waals surface area contributed by atoms with Gasteiger partial charge in [0, 0.05) is 29.5 Å². The van der Waals surface area contributed by atoms with Crippen molar-refractivity contribution in [1.29, 1.82) is 0 Å². The van der Waals surface area contributed by atoms with Crippen LogP contribution in [0.3, 0.4) is 0 Å². The van der Waals surface area contributed by atoms with Crippen molar-refractivity contribution in [1.82, 2.24) is 0 Å². The van der Waals surface area contributed by atoms with Crippen molar-refractivity contribution in [2.24, 2.45) is 5.18 Å². The Bertz CT molecular complexity index is 1370. The van der Waals surface area contributed by atoms with E-state index in [0.717, 1.165) is 6.07 Å². The average Bonchev–Trinajstić information content (AvgIpc) is 2.80. The highest BCUT2D eigenvalue weighted by atomic mass is 19.4. The lowest BCUT2D eigenvalue weighted by molar-refractivity contribution is -0.138. The number of anilines is 3. The Balaban J connectivity index is 2.08. The monoisotopic (exact) mass is 498 g/mol. The van der Waals surface area contributed by atoms with E-state index in [1.807, 2.05) is 0 Å². The van der Waals surface area contributed by atoms with Gasteiger partial charge in [-0.25, -0.2) is 0 Å². The molecule has 0 bridgehead atoms. The first-order valence-corrected chi connectivity index (χ1v) is 11.0. The lowest BCUT2D eigenvalue weighted by Gasteiger charge is -2.17. The van der Waals surface area contributed by atoms with Crippen molar-refractivity contribution in [2.45, 2.75) is 40.3 Å². The largest absolute Gasteiger partial charge is 0.416 e. The van der Waals surface area contributed by atoms with Crippen LogP contribution in [0.15, 0.2) is 47.6 Å². The molecule has 0 radical (unpaired) electrons. The Kier molecular flexibility index (Phi) is 7.47. The highest BCUT2D eigenvalue weighted by molar-refractivity contribution is 6.05. The fourth-order valence-electron chi connectivity index (χ4n) is 3.93. The summed E-state index contributed by atoms with van der Waals surface area (Å²) in [6.45, 7) is 6.37. The number of rotatable bonds is 6. The van der Waals surface area contributed by atoms with Crippen molar-refractivity contribution in [3.05, 3.63) is 75.2 Å². The number of aryl methyl sites for hydroxylation is 1. The number of carbonyl (C=O) groups is 2. The molecule has 0 heterocycles. The molecule has 0 spiro atoms. The zero-order valence-corrected chi connectivity index (χ0v) is 20.1. The molecular weight excluding hydrogens is 473 g/mol. The van der Waals surface area contributed by atoms with Crippen LogP contribution in [0, 0.1) is 18.8 Å². The van der Waals surface area contributed by atoms with E-state index in [1.54, 1.807) is 39.0 Å². The summed E-state index contributed by atoms with van der Waals surface area (Å²) in [5.41, 5.74) is 8.42. The van der Waals surface area contributed by atoms with Crippen LogP contribution in [0.1, 0.15) is 46.5 Å². The SMILES string of the molecule is CCc1ccc(C(=O)Nc2cc(N=O)c(C)c(-c3cc(NC(C)=O)cc(N)c3C)c2)cc1C(F)(F)F. The van der Waals surface area contributed by atoms with Crippen molar-refractivity contribution in [2.75, 3.05) is 16.4 Å². The lowest BCUT2D eigenvalue weighted by atomic mass is 9.93. The number of halogens is 3. The minimum atomic E-state index is -4.61. The second-order valence-corrected chi connectivity index (χ2v) is 8.36. The van der Waals surface area contributed by atoms with Gasteiger partial charge in [0.25, 0.3) is 5.91 Å². The maximum absolute atomic E-state index is 13.5. The first kappa shape index (κ1) is 26.4. The number of nitrogens with one attached hydrogen (secondary N) is 2. The summed E-state index contributed by atoms with van der Waals surface area (Å²) in [6.07, 6.45) is -4.45. The van der Waals surface area contributed by atoms with Crippen LogP contribution in [0.25, 0.3) is 11.1 Å². The number of amides is 2. The Morgan fingerprint density at radius 3 is 2.11 bits per heavy atom. The van der Waals surface area contributed by atoms with Crippen molar-refractivity contribution in [3.63, 3.8) is 0 Å². The summed E-state index contributed by atoms with van der Waals surface area (Å²) in [4.78, 5) is 35.9. The van der Waals surface area contributed by atoms with Crippen LogP contribution in [-0.2, 0) is 17.4 Å². The van der Waals surface area contributed by atoms with Gasteiger partial charge in [-0.15, -0.1) is 4.91 Å². The van der Waals surface area contributed by atoms with Gasteiger partial charge in [-0.3, -0.25) is 9.59 Å². The molecule has 10 heteroatoms. The number of nitrogen functional groups attached to an aromatic ring is 1. The predicted molar refractivity (Wildman–Crippen MR) is 134 cm³/mol. The summed E-state index contributed by atoms with van der Waals surface area (Å²) in [6, 6.07) is 9.59. The summed E-state index contributed by atoms with van der Waals surface area (Å²) in [7, 11) is 0. The fraction of sp³-hybridized carbons (Fsp3) is 0.231. The van der Waals surface area contributed by atoms with Crippen molar-refractivity contribution >= 4 is 34.6 Å². The van der Waals surface area contributed by atoms with Gasteiger partial charge in [0.1, 0.15) is 5.69 Å². The second-order valence-electron chi connectivity index (χ2n) is 8.36. The number of benzene rings is 3. The number of nitrogens with zero attached hydrogens (tertiary/aromatic N) is 1. The van der Waals surface area contributed by atoms with E-state index in [-0.39, 0.29) is 34.8 Å².